The van der Waals surface area contributed by atoms with Gasteiger partial charge in [-0.25, -0.2) is 8.42 Å². The maximum absolute atomic E-state index is 14.5. The minimum Gasteiger partial charge on any atom is -0.497 e. The molecule has 48 heavy (non-hydrogen) atoms. The smallest absolute Gasteiger partial charge is 0.416 e. The Bertz CT molecular complexity index is 1810. The number of carbonyl (C=O) groups is 2. The zero-order chi connectivity index (χ0) is 35.1. The van der Waals surface area contributed by atoms with Gasteiger partial charge in [0, 0.05) is 19.0 Å². The molecule has 0 aliphatic heterocycles. The van der Waals surface area contributed by atoms with Crippen LogP contribution in [-0.2, 0) is 38.8 Å². The lowest BCUT2D eigenvalue weighted by molar-refractivity contribution is -0.140. The molecule has 4 aromatic rings. The number of aryl methyl sites for hydroxylation is 1. The third-order valence-electron chi connectivity index (χ3n) is 7.54. The number of nitrogens with one attached hydrogen (secondary N) is 1. The van der Waals surface area contributed by atoms with E-state index in [4.69, 9.17) is 4.74 Å². The highest BCUT2D eigenvalue weighted by Gasteiger charge is 2.36. The van der Waals surface area contributed by atoms with Crippen molar-refractivity contribution in [2.24, 2.45) is 0 Å². The number of carbonyl (C=O) groups excluding carboxylic acids is 2. The van der Waals surface area contributed by atoms with Crippen LogP contribution in [0.4, 0.5) is 18.9 Å². The predicted octanol–water partition coefficient (Wildman–Crippen LogP) is 6.38. The molecule has 0 heterocycles. The van der Waals surface area contributed by atoms with Gasteiger partial charge in [0.05, 0.1) is 23.3 Å². The van der Waals surface area contributed by atoms with Crippen molar-refractivity contribution in [2.45, 2.75) is 56.9 Å². The third-order valence-corrected chi connectivity index (χ3v) is 9.33. The lowest BCUT2D eigenvalue weighted by Gasteiger charge is -2.34. The number of methoxy groups -OCH3 is 1. The van der Waals surface area contributed by atoms with Crippen molar-refractivity contribution < 1.29 is 35.9 Å². The molecule has 0 spiro atoms. The SMILES string of the molecule is COc1cccc(CN(C(=O)CN(c2cccc(C(F)(F)F)c2)S(=O)(=O)c2ccc(C)cc2)[C@@H](Cc2ccccc2)C(=O)NC(C)C)c1. The summed E-state index contributed by atoms with van der Waals surface area (Å²) in [6.07, 6.45) is -4.68. The third kappa shape index (κ3) is 9.15. The summed E-state index contributed by atoms with van der Waals surface area (Å²) in [6, 6.07) is 24.1. The molecular formula is C36H38F3N3O5S. The minimum atomic E-state index is -4.77. The van der Waals surface area contributed by atoms with E-state index < -0.39 is 46.2 Å². The predicted molar refractivity (Wildman–Crippen MR) is 178 cm³/mol. The van der Waals surface area contributed by atoms with Crippen LogP contribution >= 0.6 is 0 Å². The van der Waals surface area contributed by atoms with Crippen LogP contribution in [0.15, 0.2) is 108 Å². The van der Waals surface area contributed by atoms with E-state index in [1.807, 2.05) is 6.07 Å². The van der Waals surface area contributed by atoms with Crippen LogP contribution in [0.5, 0.6) is 5.75 Å². The van der Waals surface area contributed by atoms with Crippen molar-refractivity contribution >= 4 is 27.5 Å². The van der Waals surface area contributed by atoms with Crippen LogP contribution in [0.1, 0.15) is 36.1 Å². The highest BCUT2D eigenvalue weighted by Crippen LogP contribution is 2.33. The molecule has 8 nitrogen and oxygen atoms in total. The van der Waals surface area contributed by atoms with Crippen molar-refractivity contribution in [1.82, 2.24) is 10.2 Å². The summed E-state index contributed by atoms with van der Waals surface area (Å²) in [4.78, 5) is 29.4. The highest BCUT2D eigenvalue weighted by atomic mass is 32.2. The summed E-state index contributed by atoms with van der Waals surface area (Å²) < 4.78 is 75.7. The molecule has 0 saturated carbocycles. The van der Waals surface area contributed by atoms with Gasteiger partial charge in [-0.15, -0.1) is 0 Å². The van der Waals surface area contributed by atoms with Gasteiger partial charge in [-0.2, -0.15) is 13.2 Å². The molecule has 4 rings (SSSR count). The summed E-state index contributed by atoms with van der Waals surface area (Å²) in [5.74, 6) is -0.776. The molecule has 254 valence electrons. The normalized spacial score (nSPS) is 12.3. The Morgan fingerprint density at radius 1 is 0.854 bits per heavy atom. The molecular weight excluding hydrogens is 643 g/mol. The van der Waals surface area contributed by atoms with Gasteiger partial charge in [0.1, 0.15) is 18.3 Å². The van der Waals surface area contributed by atoms with Gasteiger partial charge in [0.25, 0.3) is 10.0 Å². The molecule has 4 aromatic carbocycles. The summed E-state index contributed by atoms with van der Waals surface area (Å²) in [6.45, 7) is 4.29. The number of sulfonamides is 1. The zero-order valence-electron chi connectivity index (χ0n) is 27.1. The average molecular weight is 682 g/mol. The summed E-state index contributed by atoms with van der Waals surface area (Å²) in [5, 5.41) is 2.86. The van der Waals surface area contributed by atoms with Crippen LogP contribution in [-0.4, -0.2) is 50.9 Å². The van der Waals surface area contributed by atoms with E-state index >= 15 is 0 Å². The van der Waals surface area contributed by atoms with Gasteiger partial charge in [-0.1, -0.05) is 66.2 Å². The molecule has 0 aliphatic carbocycles. The molecule has 0 aliphatic rings. The lowest BCUT2D eigenvalue weighted by Crippen LogP contribution is -2.54. The van der Waals surface area contributed by atoms with Gasteiger partial charge in [0.15, 0.2) is 0 Å². The number of anilines is 1. The van der Waals surface area contributed by atoms with Gasteiger partial charge < -0.3 is 15.0 Å². The number of rotatable bonds is 13. The highest BCUT2D eigenvalue weighted by molar-refractivity contribution is 7.92. The average Bonchev–Trinajstić information content (AvgIpc) is 3.05. The molecule has 0 bridgehead atoms. The van der Waals surface area contributed by atoms with E-state index in [9.17, 15) is 31.2 Å². The Kier molecular flexibility index (Phi) is 11.5. The van der Waals surface area contributed by atoms with E-state index in [-0.39, 0.29) is 29.6 Å². The minimum absolute atomic E-state index is 0.0867. The monoisotopic (exact) mass is 681 g/mol. The number of hydrogen-bond donors (Lipinski definition) is 1. The van der Waals surface area contributed by atoms with E-state index in [0.717, 1.165) is 23.3 Å². The van der Waals surface area contributed by atoms with Crippen LogP contribution < -0.4 is 14.4 Å². The molecule has 0 unspecified atom stereocenters. The maximum atomic E-state index is 14.5. The molecule has 12 heteroatoms. The van der Waals surface area contributed by atoms with Crippen LogP contribution in [0.2, 0.25) is 0 Å². The van der Waals surface area contributed by atoms with Gasteiger partial charge >= 0.3 is 6.18 Å². The number of benzene rings is 4. The largest absolute Gasteiger partial charge is 0.497 e. The Morgan fingerprint density at radius 2 is 1.50 bits per heavy atom. The molecule has 2 amide bonds. The summed E-state index contributed by atoms with van der Waals surface area (Å²) in [7, 11) is -3.09. The second-order valence-electron chi connectivity index (χ2n) is 11.6. The van der Waals surface area contributed by atoms with E-state index in [0.29, 0.717) is 21.7 Å². The Morgan fingerprint density at radius 3 is 2.12 bits per heavy atom. The van der Waals surface area contributed by atoms with Crippen LogP contribution in [0.3, 0.4) is 0 Å². The fraction of sp³-hybridized carbons (Fsp3) is 0.278. The number of hydrogen-bond acceptors (Lipinski definition) is 5. The van der Waals surface area contributed by atoms with Gasteiger partial charge in [0.2, 0.25) is 11.8 Å². The first-order valence-electron chi connectivity index (χ1n) is 15.2. The Hall–Kier alpha value is -4.84. The van der Waals surface area contributed by atoms with E-state index in [1.54, 1.807) is 81.4 Å². The first-order valence-corrected chi connectivity index (χ1v) is 16.7. The van der Waals surface area contributed by atoms with Crippen molar-refractivity contribution in [3.8, 4) is 5.75 Å². The van der Waals surface area contributed by atoms with Gasteiger partial charge in [-0.05, 0) is 74.4 Å². The standard InChI is InChI=1S/C36H38F3N3O5S/c1-25(2)40-35(44)33(21-27-10-6-5-7-11-27)41(23-28-12-8-15-31(20-28)47-4)34(43)24-42(30-14-9-13-29(22-30)36(37,38)39)48(45,46)32-18-16-26(3)17-19-32/h5-20,22,25,33H,21,23-24H2,1-4H3,(H,40,44)/t33-/m0/s1. The number of ether oxygens (including phenoxy) is 1. The summed E-state index contributed by atoms with van der Waals surface area (Å²) >= 11 is 0. The zero-order valence-corrected chi connectivity index (χ0v) is 27.9. The van der Waals surface area contributed by atoms with Crippen LogP contribution in [0.25, 0.3) is 0 Å². The van der Waals surface area contributed by atoms with E-state index in [2.05, 4.69) is 5.32 Å². The molecule has 0 radical (unpaired) electrons. The van der Waals surface area contributed by atoms with E-state index in [1.165, 1.54) is 30.2 Å². The molecule has 0 fully saturated rings. The molecule has 0 saturated heterocycles. The fourth-order valence-electron chi connectivity index (χ4n) is 5.11. The second kappa shape index (κ2) is 15.4. The fourth-order valence-corrected chi connectivity index (χ4v) is 6.51. The van der Waals surface area contributed by atoms with Crippen molar-refractivity contribution in [3.05, 3.63) is 125 Å². The second-order valence-corrected chi connectivity index (χ2v) is 13.5. The first-order chi connectivity index (χ1) is 22.7. The van der Waals surface area contributed by atoms with Crippen molar-refractivity contribution in [3.63, 3.8) is 0 Å². The number of alkyl halides is 3. The quantitative estimate of drug-likeness (QED) is 0.177. The molecule has 1 atom stereocenters. The Balaban J connectivity index is 1.86. The molecule has 0 aromatic heterocycles. The number of nitrogens with zero attached hydrogens (tertiary/aromatic N) is 2. The number of amides is 2. The van der Waals surface area contributed by atoms with Crippen molar-refractivity contribution in [2.75, 3.05) is 18.0 Å². The van der Waals surface area contributed by atoms with Crippen molar-refractivity contribution in [1.29, 1.82) is 0 Å². The first kappa shape index (κ1) is 36.0. The Labute approximate surface area is 279 Å². The number of halogens is 3. The maximum Gasteiger partial charge on any atom is 0.416 e. The summed E-state index contributed by atoms with van der Waals surface area (Å²) in [5.41, 5.74) is 0.659. The topological polar surface area (TPSA) is 96.0 Å². The lowest BCUT2D eigenvalue weighted by atomic mass is 10.0. The van der Waals surface area contributed by atoms with Crippen LogP contribution in [0, 0.1) is 6.92 Å². The molecule has 1 N–H and O–H groups in total. The van der Waals surface area contributed by atoms with Gasteiger partial charge in [-0.3, -0.25) is 13.9 Å².